The molecule has 1 fully saturated rings. The van der Waals surface area contributed by atoms with E-state index in [1.807, 2.05) is 6.08 Å². The maximum Gasteiger partial charge on any atom is 0.220 e. The standard InChI is InChI=1S/C49H83NO8/c1-3-5-7-9-11-13-15-17-18-19-20-21-22-23-24-25-26-27-29-31-33-35-37-39-45(53)50-42(41-57-49-48(56)47(55)46(54)44(40-51)58-49)43(52)38-36-34-32-30-28-16-14-12-10-8-6-4-2/h5,7,11,13,17-18,20-21,23-24,26-27,36,38,42-44,46-49,51-52,54-56H,3-4,6,8-10,12,14-16,19,22,25,28-35,37,39-41H2,1-2H3,(H,50,53)/b7-5-,13-11-,18-17-,21-20-,24-23-,27-26-,38-36+. The predicted octanol–water partition coefficient (Wildman–Crippen LogP) is 9.55. The SMILES string of the molecule is CC/C=C\C/C=C\C/C=C\C/C=C\C/C=C\C/C=C\CCCCCCC(=O)NC(COC1OC(CO)C(O)C(O)C1O)C(O)/C=C/CCCCCCCCCCCC. The first-order chi connectivity index (χ1) is 28.3. The van der Waals surface area contributed by atoms with Crippen molar-refractivity contribution >= 4 is 5.91 Å². The van der Waals surface area contributed by atoms with E-state index in [2.05, 4.69) is 92.1 Å². The van der Waals surface area contributed by atoms with E-state index in [9.17, 15) is 30.3 Å². The third-order valence-electron chi connectivity index (χ3n) is 10.2. The molecule has 0 aliphatic carbocycles. The lowest BCUT2D eigenvalue weighted by Crippen LogP contribution is -2.60. The van der Waals surface area contributed by atoms with Crippen LogP contribution in [0.1, 0.15) is 162 Å². The Morgan fingerprint density at radius 1 is 0.603 bits per heavy atom. The van der Waals surface area contributed by atoms with Crippen molar-refractivity contribution in [3.05, 3.63) is 85.1 Å². The largest absolute Gasteiger partial charge is 0.394 e. The van der Waals surface area contributed by atoms with Crippen LogP contribution in [0, 0.1) is 0 Å². The van der Waals surface area contributed by atoms with E-state index in [0.717, 1.165) is 89.9 Å². The second-order valence-corrected chi connectivity index (χ2v) is 15.5. The van der Waals surface area contributed by atoms with Gasteiger partial charge >= 0.3 is 0 Å². The van der Waals surface area contributed by atoms with E-state index in [1.165, 1.54) is 51.4 Å². The van der Waals surface area contributed by atoms with E-state index in [1.54, 1.807) is 6.08 Å². The van der Waals surface area contributed by atoms with Crippen LogP contribution >= 0.6 is 0 Å². The number of ether oxygens (including phenoxy) is 2. The van der Waals surface area contributed by atoms with Crippen LogP contribution in [0.15, 0.2) is 85.1 Å². The first-order valence-corrected chi connectivity index (χ1v) is 22.8. The summed E-state index contributed by atoms with van der Waals surface area (Å²) in [5, 5.41) is 54.1. The monoisotopic (exact) mass is 814 g/mol. The van der Waals surface area contributed by atoms with Gasteiger partial charge in [0.25, 0.3) is 0 Å². The number of allylic oxidation sites excluding steroid dienone is 13. The predicted molar refractivity (Wildman–Crippen MR) is 239 cm³/mol. The molecule has 1 aliphatic rings. The first-order valence-electron chi connectivity index (χ1n) is 22.8. The van der Waals surface area contributed by atoms with E-state index >= 15 is 0 Å². The molecule has 1 saturated heterocycles. The highest BCUT2D eigenvalue weighted by molar-refractivity contribution is 5.76. The topological polar surface area (TPSA) is 149 Å². The van der Waals surface area contributed by atoms with Crippen LogP contribution in [0.3, 0.4) is 0 Å². The van der Waals surface area contributed by atoms with Gasteiger partial charge in [-0.15, -0.1) is 0 Å². The average molecular weight is 814 g/mol. The summed E-state index contributed by atoms with van der Waals surface area (Å²) in [6, 6.07) is -0.822. The van der Waals surface area contributed by atoms with Crippen LogP contribution in [0.25, 0.3) is 0 Å². The fourth-order valence-electron chi connectivity index (χ4n) is 6.57. The van der Waals surface area contributed by atoms with Gasteiger partial charge in [-0.3, -0.25) is 4.79 Å². The molecule has 1 heterocycles. The number of carbonyl (C=O) groups excluding carboxylic acids is 1. The molecule has 0 radical (unpaired) electrons. The Morgan fingerprint density at radius 3 is 1.59 bits per heavy atom. The van der Waals surface area contributed by atoms with Crippen LogP contribution in [0.4, 0.5) is 0 Å². The lowest BCUT2D eigenvalue weighted by molar-refractivity contribution is -0.302. The summed E-state index contributed by atoms with van der Waals surface area (Å²) in [4.78, 5) is 12.9. The van der Waals surface area contributed by atoms with Gasteiger partial charge in [-0.2, -0.15) is 0 Å². The summed E-state index contributed by atoms with van der Waals surface area (Å²) in [5.74, 6) is -0.207. The van der Waals surface area contributed by atoms with Gasteiger partial charge in [0, 0.05) is 6.42 Å². The molecular weight excluding hydrogens is 731 g/mol. The number of aliphatic hydroxyl groups excluding tert-OH is 5. The van der Waals surface area contributed by atoms with Crippen molar-refractivity contribution in [3.8, 4) is 0 Å². The maximum atomic E-state index is 12.9. The lowest BCUT2D eigenvalue weighted by atomic mass is 9.99. The summed E-state index contributed by atoms with van der Waals surface area (Å²) in [7, 11) is 0. The molecule has 0 aromatic heterocycles. The number of amides is 1. The van der Waals surface area contributed by atoms with Crippen molar-refractivity contribution in [3.63, 3.8) is 0 Å². The molecule has 1 amide bonds. The zero-order valence-corrected chi connectivity index (χ0v) is 36.3. The number of aliphatic hydroxyl groups is 5. The van der Waals surface area contributed by atoms with Crippen LogP contribution in [0.2, 0.25) is 0 Å². The second kappa shape index (κ2) is 38.6. The zero-order chi connectivity index (χ0) is 42.3. The van der Waals surface area contributed by atoms with Crippen LogP contribution in [0.5, 0.6) is 0 Å². The smallest absolute Gasteiger partial charge is 0.220 e. The molecule has 9 nitrogen and oxygen atoms in total. The van der Waals surface area contributed by atoms with Crippen molar-refractivity contribution in [2.24, 2.45) is 0 Å². The number of carbonyl (C=O) groups is 1. The molecular formula is C49H83NO8. The van der Waals surface area contributed by atoms with Gasteiger partial charge in [-0.1, -0.05) is 170 Å². The van der Waals surface area contributed by atoms with Gasteiger partial charge < -0.3 is 40.3 Å². The summed E-state index contributed by atoms with van der Waals surface area (Å²) in [5.41, 5.74) is 0. The minimum absolute atomic E-state index is 0.204. The zero-order valence-electron chi connectivity index (χ0n) is 36.3. The number of rotatable bonds is 36. The van der Waals surface area contributed by atoms with Gasteiger partial charge in [0.1, 0.15) is 24.4 Å². The average Bonchev–Trinajstić information content (AvgIpc) is 3.22. The minimum Gasteiger partial charge on any atom is -0.394 e. The van der Waals surface area contributed by atoms with Crippen molar-refractivity contribution in [1.82, 2.24) is 5.32 Å². The Balaban J connectivity index is 2.37. The van der Waals surface area contributed by atoms with Gasteiger partial charge in [0.15, 0.2) is 6.29 Å². The number of nitrogens with one attached hydrogen (secondary N) is 1. The van der Waals surface area contributed by atoms with E-state index in [0.29, 0.717) is 6.42 Å². The van der Waals surface area contributed by atoms with E-state index in [-0.39, 0.29) is 12.5 Å². The first kappa shape index (κ1) is 53.4. The number of hydrogen-bond donors (Lipinski definition) is 6. The fraction of sp³-hybridized carbons (Fsp3) is 0.694. The molecule has 0 aromatic carbocycles. The Hall–Kier alpha value is -2.63. The quantitative estimate of drug-likeness (QED) is 0.0271. The van der Waals surface area contributed by atoms with Crippen molar-refractivity contribution < 1.29 is 39.8 Å². The molecule has 58 heavy (non-hydrogen) atoms. The Bertz CT molecular complexity index is 1180. The van der Waals surface area contributed by atoms with E-state index < -0.39 is 49.5 Å². The number of unbranched alkanes of at least 4 members (excludes halogenated alkanes) is 14. The maximum absolute atomic E-state index is 12.9. The highest BCUT2D eigenvalue weighted by Gasteiger charge is 2.44. The third-order valence-corrected chi connectivity index (χ3v) is 10.2. The van der Waals surface area contributed by atoms with Gasteiger partial charge in [0.2, 0.25) is 5.91 Å². The molecule has 9 heteroatoms. The summed E-state index contributed by atoms with van der Waals surface area (Å²) in [6.07, 6.45) is 46.2. The lowest BCUT2D eigenvalue weighted by Gasteiger charge is -2.40. The molecule has 0 spiro atoms. The Labute approximate surface area is 352 Å². The molecule has 0 bridgehead atoms. The Morgan fingerprint density at radius 2 is 1.07 bits per heavy atom. The van der Waals surface area contributed by atoms with Crippen LogP contribution in [-0.2, 0) is 14.3 Å². The summed E-state index contributed by atoms with van der Waals surface area (Å²) in [6.45, 7) is 3.61. The molecule has 7 unspecified atom stereocenters. The number of hydrogen-bond acceptors (Lipinski definition) is 8. The van der Waals surface area contributed by atoms with E-state index in [4.69, 9.17) is 9.47 Å². The summed E-state index contributed by atoms with van der Waals surface area (Å²) >= 11 is 0. The van der Waals surface area contributed by atoms with Crippen LogP contribution < -0.4 is 5.32 Å². The molecule has 6 N–H and O–H groups in total. The van der Waals surface area contributed by atoms with Crippen molar-refractivity contribution in [1.29, 1.82) is 0 Å². The second-order valence-electron chi connectivity index (χ2n) is 15.5. The van der Waals surface area contributed by atoms with Gasteiger partial charge in [-0.25, -0.2) is 0 Å². The molecule has 0 saturated carbocycles. The van der Waals surface area contributed by atoms with Crippen molar-refractivity contribution in [2.45, 2.75) is 204 Å². The van der Waals surface area contributed by atoms with Gasteiger partial charge in [-0.05, 0) is 70.6 Å². The summed E-state index contributed by atoms with van der Waals surface area (Å²) < 4.78 is 11.2. The van der Waals surface area contributed by atoms with Crippen molar-refractivity contribution in [2.75, 3.05) is 13.2 Å². The molecule has 332 valence electrons. The molecule has 1 aliphatic heterocycles. The third kappa shape index (κ3) is 28.7. The fourth-order valence-corrected chi connectivity index (χ4v) is 6.57. The molecule has 7 atom stereocenters. The highest BCUT2D eigenvalue weighted by Crippen LogP contribution is 2.22. The molecule has 1 rings (SSSR count). The highest BCUT2D eigenvalue weighted by atomic mass is 16.7. The molecule has 0 aromatic rings. The minimum atomic E-state index is -1.57. The van der Waals surface area contributed by atoms with Gasteiger partial charge in [0.05, 0.1) is 25.4 Å². The van der Waals surface area contributed by atoms with Crippen LogP contribution in [-0.4, -0.2) is 87.5 Å². The normalized spacial score (nSPS) is 21.7. The Kier molecular flexibility index (Phi) is 35.5.